The van der Waals surface area contributed by atoms with Crippen molar-refractivity contribution in [3.63, 3.8) is 0 Å². The van der Waals surface area contributed by atoms with Crippen molar-refractivity contribution in [2.75, 3.05) is 0 Å². The number of carbonyl (C=O) groups is 1. The molecule has 0 aliphatic heterocycles. The average molecular weight is 335 g/mol. The van der Waals surface area contributed by atoms with E-state index in [0.717, 1.165) is 28.1 Å². The predicted molar refractivity (Wildman–Crippen MR) is 92.4 cm³/mol. The van der Waals surface area contributed by atoms with Gasteiger partial charge in [-0.3, -0.25) is 4.79 Å². The minimum atomic E-state index is -0.136. The van der Waals surface area contributed by atoms with E-state index in [-0.39, 0.29) is 11.2 Å². The molecule has 1 amide bonds. The molecule has 0 aromatic carbocycles. The summed E-state index contributed by atoms with van der Waals surface area (Å²) in [5, 5.41) is 6.00. The Balaban J connectivity index is 1.62. The van der Waals surface area contributed by atoms with E-state index in [4.69, 9.17) is 0 Å². The second-order valence-corrected chi connectivity index (χ2v) is 8.02. The van der Waals surface area contributed by atoms with Crippen molar-refractivity contribution >= 4 is 39.2 Å². The van der Waals surface area contributed by atoms with Gasteiger partial charge in [0.25, 0.3) is 0 Å². The zero-order chi connectivity index (χ0) is 15.4. The van der Waals surface area contributed by atoms with Crippen LogP contribution in [0.3, 0.4) is 0 Å². The molecule has 0 saturated heterocycles. The van der Waals surface area contributed by atoms with Crippen LogP contribution < -0.4 is 5.32 Å². The standard InChI is InChI=1S/C16H21N3OS2/c1-11(15(20)19-12-6-4-2-3-5-7-12)22-16-14-13(8-9-21-14)17-10-18-16/h8-12H,2-7H2,1H3,(H,19,20). The number of nitrogens with one attached hydrogen (secondary N) is 1. The number of aromatic nitrogens is 2. The summed E-state index contributed by atoms with van der Waals surface area (Å²) in [6.45, 7) is 1.96. The minimum absolute atomic E-state index is 0.125. The van der Waals surface area contributed by atoms with Crippen LogP contribution in [0.5, 0.6) is 0 Å². The van der Waals surface area contributed by atoms with Gasteiger partial charge in [-0.05, 0) is 31.2 Å². The van der Waals surface area contributed by atoms with Gasteiger partial charge in [0.15, 0.2) is 0 Å². The largest absolute Gasteiger partial charge is 0.352 e. The number of hydrogen-bond donors (Lipinski definition) is 1. The number of carbonyl (C=O) groups excluding carboxylic acids is 1. The summed E-state index contributed by atoms with van der Waals surface area (Å²) in [4.78, 5) is 21.0. The summed E-state index contributed by atoms with van der Waals surface area (Å²) in [5.41, 5.74) is 0.957. The van der Waals surface area contributed by atoms with E-state index in [0.29, 0.717) is 6.04 Å². The molecule has 118 valence electrons. The van der Waals surface area contributed by atoms with Gasteiger partial charge in [-0.15, -0.1) is 11.3 Å². The van der Waals surface area contributed by atoms with E-state index in [1.165, 1.54) is 37.4 Å². The molecule has 2 aromatic heterocycles. The SMILES string of the molecule is CC(Sc1ncnc2ccsc12)C(=O)NC1CCCCCC1. The Labute approximate surface area is 139 Å². The van der Waals surface area contributed by atoms with Crippen LogP contribution >= 0.6 is 23.1 Å². The summed E-state index contributed by atoms with van der Waals surface area (Å²) < 4.78 is 1.07. The molecule has 2 aromatic rings. The lowest BCUT2D eigenvalue weighted by atomic mass is 10.1. The van der Waals surface area contributed by atoms with Crippen LogP contribution in [-0.4, -0.2) is 27.2 Å². The third-order valence-corrected chi connectivity index (χ3v) is 6.21. The van der Waals surface area contributed by atoms with Gasteiger partial charge in [-0.25, -0.2) is 9.97 Å². The van der Waals surface area contributed by atoms with Crippen molar-refractivity contribution in [2.24, 2.45) is 0 Å². The Morgan fingerprint density at radius 3 is 2.86 bits per heavy atom. The molecule has 0 bridgehead atoms. The maximum Gasteiger partial charge on any atom is 0.233 e. The van der Waals surface area contributed by atoms with Gasteiger partial charge in [0.2, 0.25) is 5.91 Å². The molecule has 0 radical (unpaired) electrons. The van der Waals surface area contributed by atoms with Crippen LogP contribution in [0.15, 0.2) is 22.8 Å². The fourth-order valence-electron chi connectivity index (χ4n) is 2.81. The highest BCUT2D eigenvalue weighted by Gasteiger charge is 2.21. The van der Waals surface area contributed by atoms with Crippen molar-refractivity contribution in [1.29, 1.82) is 0 Å². The highest BCUT2D eigenvalue weighted by molar-refractivity contribution is 8.00. The van der Waals surface area contributed by atoms with Crippen LogP contribution in [0, 0.1) is 0 Å². The van der Waals surface area contributed by atoms with Gasteiger partial charge in [-0.2, -0.15) is 0 Å². The molecule has 1 aliphatic carbocycles. The molecule has 1 N–H and O–H groups in total. The molecular weight excluding hydrogens is 314 g/mol. The highest BCUT2D eigenvalue weighted by atomic mass is 32.2. The number of amides is 1. The van der Waals surface area contributed by atoms with Gasteiger partial charge in [0.05, 0.1) is 15.5 Å². The van der Waals surface area contributed by atoms with Gasteiger partial charge >= 0.3 is 0 Å². The first-order valence-corrected chi connectivity index (χ1v) is 9.65. The van der Waals surface area contributed by atoms with Crippen molar-refractivity contribution in [1.82, 2.24) is 15.3 Å². The predicted octanol–water partition coefficient (Wildman–Crippen LogP) is 4.01. The molecular formula is C16H21N3OS2. The van der Waals surface area contributed by atoms with Crippen LogP contribution in [0.25, 0.3) is 10.2 Å². The van der Waals surface area contributed by atoms with E-state index in [9.17, 15) is 4.79 Å². The Bertz CT molecular complexity index is 635. The molecule has 2 heterocycles. The van der Waals surface area contributed by atoms with Crippen molar-refractivity contribution in [2.45, 2.75) is 61.8 Å². The average Bonchev–Trinajstić information content (AvgIpc) is 2.86. The molecule has 0 spiro atoms. The van der Waals surface area contributed by atoms with Crippen molar-refractivity contribution in [3.05, 3.63) is 17.8 Å². The van der Waals surface area contributed by atoms with E-state index >= 15 is 0 Å². The monoisotopic (exact) mass is 335 g/mol. The smallest absolute Gasteiger partial charge is 0.233 e. The highest BCUT2D eigenvalue weighted by Crippen LogP contribution is 2.31. The Hall–Kier alpha value is -1.14. The van der Waals surface area contributed by atoms with Crippen LogP contribution in [0.1, 0.15) is 45.4 Å². The van der Waals surface area contributed by atoms with Gasteiger partial charge in [0, 0.05) is 6.04 Å². The van der Waals surface area contributed by atoms with Crippen LogP contribution in [-0.2, 0) is 4.79 Å². The summed E-state index contributed by atoms with van der Waals surface area (Å²) in [6, 6.07) is 2.34. The second kappa shape index (κ2) is 7.42. The van der Waals surface area contributed by atoms with Crippen molar-refractivity contribution < 1.29 is 4.79 Å². The second-order valence-electron chi connectivity index (χ2n) is 5.77. The molecule has 6 heteroatoms. The number of thiophene rings is 1. The zero-order valence-electron chi connectivity index (χ0n) is 12.7. The third kappa shape index (κ3) is 3.79. The summed E-state index contributed by atoms with van der Waals surface area (Å²) in [6.07, 6.45) is 8.87. The number of fused-ring (bicyclic) bond motifs is 1. The lowest BCUT2D eigenvalue weighted by Gasteiger charge is -2.19. The first-order valence-electron chi connectivity index (χ1n) is 7.89. The van der Waals surface area contributed by atoms with Gasteiger partial charge < -0.3 is 5.32 Å². The first kappa shape index (κ1) is 15.7. The van der Waals surface area contributed by atoms with E-state index in [1.807, 2.05) is 18.4 Å². The molecule has 22 heavy (non-hydrogen) atoms. The first-order chi connectivity index (χ1) is 10.7. The quantitative estimate of drug-likeness (QED) is 0.521. The van der Waals surface area contributed by atoms with Crippen molar-refractivity contribution in [3.8, 4) is 0 Å². The van der Waals surface area contributed by atoms with Gasteiger partial charge in [-0.1, -0.05) is 37.4 Å². The summed E-state index contributed by atoms with van der Waals surface area (Å²) >= 11 is 3.16. The molecule has 1 unspecified atom stereocenters. The fourth-order valence-corrected chi connectivity index (χ4v) is 4.66. The van der Waals surface area contributed by atoms with E-state index in [1.54, 1.807) is 17.7 Å². The maximum absolute atomic E-state index is 12.4. The number of hydrogen-bond acceptors (Lipinski definition) is 5. The Kier molecular flexibility index (Phi) is 5.31. The maximum atomic E-state index is 12.4. The summed E-state index contributed by atoms with van der Waals surface area (Å²) in [5.74, 6) is 0.125. The molecule has 1 atom stereocenters. The normalized spacial score (nSPS) is 18.0. The molecule has 1 fully saturated rings. The van der Waals surface area contributed by atoms with E-state index in [2.05, 4.69) is 15.3 Å². The number of rotatable bonds is 4. The molecule has 4 nitrogen and oxygen atoms in total. The Morgan fingerprint density at radius 2 is 2.09 bits per heavy atom. The van der Waals surface area contributed by atoms with Gasteiger partial charge in [0.1, 0.15) is 11.4 Å². The van der Waals surface area contributed by atoms with Crippen LogP contribution in [0.4, 0.5) is 0 Å². The van der Waals surface area contributed by atoms with E-state index < -0.39 is 0 Å². The lowest BCUT2D eigenvalue weighted by molar-refractivity contribution is -0.121. The summed E-state index contributed by atoms with van der Waals surface area (Å²) in [7, 11) is 0. The molecule has 3 rings (SSSR count). The zero-order valence-corrected chi connectivity index (χ0v) is 14.4. The molecule has 1 saturated carbocycles. The molecule has 1 aliphatic rings. The van der Waals surface area contributed by atoms with Crippen LogP contribution in [0.2, 0.25) is 0 Å². The Morgan fingerprint density at radius 1 is 1.32 bits per heavy atom. The fraction of sp³-hybridized carbons (Fsp3) is 0.562. The minimum Gasteiger partial charge on any atom is -0.352 e. The lowest BCUT2D eigenvalue weighted by Crippen LogP contribution is -2.39. The topological polar surface area (TPSA) is 54.9 Å². The third-order valence-electron chi connectivity index (χ3n) is 4.07. The number of nitrogens with zero attached hydrogens (tertiary/aromatic N) is 2. The number of thioether (sulfide) groups is 1.